The number of hydrogen-bond donors (Lipinski definition) is 3. The first-order chi connectivity index (χ1) is 33.0. The zero-order valence-electron chi connectivity index (χ0n) is 45.4. The van der Waals surface area contributed by atoms with Crippen molar-refractivity contribution in [1.82, 2.24) is 5.32 Å². The molecule has 0 radical (unpaired) electrons. The molecule has 6 heteroatoms. The molecule has 0 aromatic carbocycles. The van der Waals surface area contributed by atoms with Gasteiger partial charge in [-0.1, -0.05) is 289 Å². The van der Waals surface area contributed by atoms with Gasteiger partial charge >= 0.3 is 5.97 Å². The summed E-state index contributed by atoms with van der Waals surface area (Å²) in [6, 6.07) is -0.543. The summed E-state index contributed by atoms with van der Waals surface area (Å²) < 4.78 is 5.50. The van der Waals surface area contributed by atoms with E-state index in [4.69, 9.17) is 4.74 Å². The Hall–Kier alpha value is -1.40. The molecular formula is C61H119NO5. The Kier molecular flexibility index (Phi) is 56.0. The van der Waals surface area contributed by atoms with Gasteiger partial charge in [-0.2, -0.15) is 0 Å². The average Bonchev–Trinajstić information content (AvgIpc) is 3.33. The van der Waals surface area contributed by atoms with Crippen LogP contribution in [0.15, 0.2) is 12.2 Å². The van der Waals surface area contributed by atoms with E-state index in [1.807, 2.05) is 0 Å². The lowest BCUT2D eigenvalue weighted by molar-refractivity contribution is -0.143. The second-order valence-corrected chi connectivity index (χ2v) is 21.0. The zero-order chi connectivity index (χ0) is 48.6. The lowest BCUT2D eigenvalue weighted by atomic mass is 10.0. The van der Waals surface area contributed by atoms with Gasteiger partial charge in [0.25, 0.3) is 0 Å². The molecule has 398 valence electrons. The number of amides is 1. The van der Waals surface area contributed by atoms with E-state index in [2.05, 4.69) is 31.3 Å². The van der Waals surface area contributed by atoms with Crippen molar-refractivity contribution >= 4 is 11.9 Å². The van der Waals surface area contributed by atoms with Gasteiger partial charge in [0.05, 0.1) is 25.4 Å². The van der Waals surface area contributed by atoms with Crippen molar-refractivity contribution in [2.24, 2.45) is 0 Å². The smallest absolute Gasteiger partial charge is 0.305 e. The Labute approximate surface area is 419 Å². The molecule has 67 heavy (non-hydrogen) atoms. The number of unbranched alkanes of at least 4 members (excludes halogenated alkanes) is 44. The van der Waals surface area contributed by atoms with Crippen LogP contribution < -0.4 is 5.32 Å². The highest BCUT2D eigenvalue weighted by molar-refractivity contribution is 5.76. The second kappa shape index (κ2) is 57.2. The fraction of sp³-hybridized carbons (Fsp3) is 0.934. The summed E-state index contributed by atoms with van der Waals surface area (Å²) in [5, 5.41) is 23.1. The van der Waals surface area contributed by atoms with E-state index in [-0.39, 0.29) is 18.5 Å². The zero-order valence-corrected chi connectivity index (χ0v) is 45.4. The predicted octanol–water partition coefficient (Wildman–Crippen LogP) is 18.9. The van der Waals surface area contributed by atoms with Gasteiger partial charge < -0.3 is 20.3 Å². The maximum Gasteiger partial charge on any atom is 0.305 e. The molecule has 0 rings (SSSR count). The van der Waals surface area contributed by atoms with Gasteiger partial charge in [-0.15, -0.1) is 0 Å². The lowest BCUT2D eigenvalue weighted by Crippen LogP contribution is -2.45. The number of aliphatic hydroxyl groups is 2. The van der Waals surface area contributed by atoms with Gasteiger partial charge in [0.15, 0.2) is 0 Å². The van der Waals surface area contributed by atoms with E-state index in [0.29, 0.717) is 25.9 Å². The fourth-order valence-corrected chi connectivity index (χ4v) is 9.64. The number of esters is 1. The van der Waals surface area contributed by atoms with Gasteiger partial charge in [0.1, 0.15) is 0 Å². The molecule has 0 saturated heterocycles. The predicted molar refractivity (Wildman–Crippen MR) is 292 cm³/mol. The van der Waals surface area contributed by atoms with Crippen LogP contribution in [0.4, 0.5) is 0 Å². The Morgan fingerprint density at radius 2 is 0.701 bits per heavy atom. The lowest BCUT2D eigenvalue weighted by Gasteiger charge is -2.22. The van der Waals surface area contributed by atoms with Crippen molar-refractivity contribution in [3.63, 3.8) is 0 Å². The van der Waals surface area contributed by atoms with Crippen LogP contribution in [0.2, 0.25) is 0 Å². The van der Waals surface area contributed by atoms with Crippen molar-refractivity contribution < 1.29 is 24.5 Å². The second-order valence-electron chi connectivity index (χ2n) is 21.0. The molecule has 6 nitrogen and oxygen atoms in total. The number of ether oxygens (including phenoxy) is 1. The summed E-state index contributed by atoms with van der Waals surface area (Å²) >= 11 is 0. The van der Waals surface area contributed by atoms with Crippen LogP contribution in [0, 0.1) is 0 Å². The third-order valence-corrected chi connectivity index (χ3v) is 14.3. The highest BCUT2D eigenvalue weighted by atomic mass is 16.5. The highest BCUT2D eigenvalue weighted by Crippen LogP contribution is 2.18. The van der Waals surface area contributed by atoms with Gasteiger partial charge in [-0.3, -0.25) is 9.59 Å². The van der Waals surface area contributed by atoms with Crippen molar-refractivity contribution in [2.75, 3.05) is 13.2 Å². The van der Waals surface area contributed by atoms with Gasteiger partial charge in [0, 0.05) is 12.8 Å². The van der Waals surface area contributed by atoms with Crippen LogP contribution in [0.5, 0.6) is 0 Å². The standard InChI is InChI=1S/C61H119NO5/c1-3-5-7-9-11-13-14-15-16-17-22-26-29-32-35-39-43-47-51-55-61(66)67-56-52-48-44-40-36-33-30-27-24-21-19-18-20-23-25-28-31-34-38-42-46-50-54-60(65)62-58(57-63)59(64)53-49-45-41-37-12-10-8-6-4-2/h20,23,58-59,63-64H,3-19,21-22,24-57H2,1-2H3,(H,62,65)/b23-20-. The quantitative estimate of drug-likeness (QED) is 0.0321. The van der Waals surface area contributed by atoms with Crippen molar-refractivity contribution in [1.29, 1.82) is 0 Å². The Balaban J connectivity index is 3.35. The molecule has 0 aromatic rings. The molecule has 1 amide bonds. The van der Waals surface area contributed by atoms with Crippen LogP contribution in [0.3, 0.4) is 0 Å². The normalized spacial score (nSPS) is 12.6. The molecule has 0 heterocycles. The summed E-state index contributed by atoms with van der Waals surface area (Å²) in [4.78, 5) is 24.5. The fourth-order valence-electron chi connectivity index (χ4n) is 9.64. The van der Waals surface area contributed by atoms with Crippen LogP contribution >= 0.6 is 0 Å². The number of carbonyl (C=O) groups excluding carboxylic acids is 2. The summed E-state index contributed by atoms with van der Waals surface area (Å²) in [6.45, 7) is 4.95. The molecule has 0 spiro atoms. The average molecular weight is 947 g/mol. The van der Waals surface area contributed by atoms with E-state index in [1.54, 1.807) is 0 Å². The Morgan fingerprint density at radius 3 is 1.06 bits per heavy atom. The molecule has 0 aliphatic rings. The largest absolute Gasteiger partial charge is 0.466 e. The van der Waals surface area contributed by atoms with E-state index in [0.717, 1.165) is 38.5 Å². The van der Waals surface area contributed by atoms with Crippen molar-refractivity contribution in [3.05, 3.63) is 12.2 Å². The monoisotopic (exact) mass is 946 g/mol. The van der Waals surface area contributed by atoms with E-state index in [1.165, 1.54) is 270 Å². The van der Waals surface area contributed by atoms with Crippen LogP contribution in [-0.2, 0) is 14.3 Å². The molecule has 0 bridgehead atoms. The number of nitrogens with one attached hydrogen (secondary N) is 1. The van der Waals surface area contributed by atoms with Crippen LogP contribution in [-0.4, -0.2) is 47.4 Å². The van der Waals surface area contributed by atoms with Crippen molar-refractivity contribution in [2.45, 2.75) is 353 Å². The van der Waals surface area contributed by atoms with Crippen LogP contribution in [0.1, 0.15) is 341 Å². The first-order valence-corrected chi connectivity index (χ1v) is 30.4. The Bertz CT molecular complexity index is 1000. The van der Waals surface area contributed by atoms with E-state index < -0.39 is 12.1 Å². The summed E-state index contributed by atoms with van der Waals surface area (Å²) in [7, 11) is 0. The molecule has 0 aliphatic carbocycles. The summed E-state index contributed by atoms with van der Waals surface area (Å²) in [5.74, 6) is -0.0281. The van der Waals surface area contributed by atoms with E-state index >= 15 is 0 Å². The highest BCUT2D eigenvalue weighted by Gasteiger charge is 2.20. The minimum Gasteiger partial charge on any atom is -0.466 e. The minimum absolute atomic E-state index is 0.0151. The molecule has 0 saturated carbocycles. The molecule has 3 N–H and O–H groups in total. The molecule has 2 unspecified atom stereocenters. The van der Waals surface area contributed by atoms with Crippen molar-refractivity contribution in [3.8, 4) is 0 Å². The van der Waals surface area contributed by atoms with Gasteiger partial charge in [0.2, 0.25) is 5.91 Å². The molecular weight excluding hydrogens is 827 g/mol. The maximum atomic E-state index is 12.4. The van der Waals surface area contributed by atoms with Gasteiger partial charge in [-0.25, -0.2) is 0 Å². The first-order valence-electron chi connectivity index (χ1n) is 30.4. The number of allylic oxidation sites excluding steroid dienone is 2. The summed E-state index contributed by atoms with van der Waals surface area (Å²) in [6.07, 6.45) is 68.0. The van der Waals surface area contributed by atoms with E-state index in [9.17, 15) is 19.8 Å². The number of carbonyl (C=O) groups is 2. The SMILES string of the molecule is CCCCCCCCCCCCCCCCCCCCCC(=O)OCCCCCCCCCCCCC/C=C\CCCCCCCCCC(=O)NC(CO)C(O)CCCCCCCCCCC. The summed E-state index contributed by atoms with van der Waals surface area (Å²) in [5.41, 5.74) is 0. The van der Waals surface area contributed by atoms with Gasteiger partial charge in [-0.05, 0) is 51.4 Å². The first kappa shape index (κ1) is 65.6. The van der Waals surface area contributed by atoms with Crippen LogP contribution in [0.25, 0.3) is 0 Å². The third-order valence-electron chi connectivity index (χ3n) is 14.3. The molecule has 2 atom stereocenters. The molecule has 0 fully saturated rings. The number of aliphatic hydroxyl groups excluding tert-OH is 2. The maximum absolute atomic E-state index is 12.4. The Morgan fingerprint density at radius 1 is 0.403 bits per heavy atom. The molecule has 0 aliphatic heterocycles. The number of rotatable bonds is 57. The topological polar surface area (TPSA) is 95.9 Å². The minimum atomic E-state index is -0.665. The molecule has 0 aromatic heterocycles. The number of hydrogen-bond acceptors (Lipinski definition) is 5. The third kappa shape index (κ3) is 53.8.